The second-order valence-corrected chi connectivity index (χ2v) is 8.55. The predicted octanol–water partition coefficient (Wildman–Crippen LogP) is 3.14. The lowest BCUT2D eigenvalue weighted by atomic mass is 10.1. The van der Waals surface area contributed by atoms with Crippen LogP contribution < -0.4 is 15.8 Å². The smallest absolute Gasteiger partial charge is 0.274 e. The lowest BCUT2D eigenvalue weighted by Gasteiger charge is -2.36. The van der Waals surface area contributed by atoms with Crippen LogP contribution in [0.5, 0.6) is 0 Å². The third kappa shape index (κ3) is 5.60. The number of nitrogens with zero attached hydrogens (tertiary/aromatic N) is 4. The summed E-state index contributed by atoms with van der Waals surface area (Å²) in [4.78, 5) is 30.6. The molecule has 0 radical (unpaired) electrons. The molecule has 7 heteroatoms. The largest absolute Gasteiger partial charge is 0.369 e. The monoisotopic (exact) mass is 447 g/mol. The number of nitrogens with one attached hydrogen (secondary N) is 1. The van der Waals surface area contributed by atoms with Crippen LogP contribution in [0.25, 0.3) is 10.8 Å². The van der Waals surface area contributed by atoms with Gasteiger partial charge in [0.15, 0.2) is 5.69 Å². The van der Waals surface area contributed by atoms with E-state index < -0.39 is 0 Å². The fraction of sp³-hybridized carbons (Fsp3) is 0.423. The molecule has 0 aliphatic carbocycles. The first-order valence-corrected chi connectivity index (χ1v) is 12.0. The van der Waals surface area contributed by atoms with Gasteiger partial charge in [0, 0.05) is 56.9 Å². The van der Waals surface area contributed by atoms with Crippen LogP contribution in [0.1, 0.15) is 36.7 Å². The maximum atomic E-state index is 13.0. The molecule has 0 unspecified atom stereocenters. The molecule has 1 aromatic heterocycles. The van der Waals surface area contributed by atoms with Crippen molar-refractivity contribution in [3.63, 3.8) is 0 Å². The van der Waals surface area contributed by atoms with Gasteiger partial charge in [-0.15, -0.1) is 0 Å². The third-order valence-electron chi connectivity index (χ3n) is 6.26. The van der Waals surface area contributed by atoms with Crippen LogP contribution in [0.2, 0.25) is 0 Å². The van der Waals surface area contributed by atoms with Crippen LogP contribution in [0.4, 0.5) is 5.69 Å². The van der Waals surface area contributed by atoms with Crippen LogP contribution >= 0.6 is 0 Å². The number of carbonyl (C=O) groups is 1. The number of unbranched alkanes of at least 4 members (excludes halogenated alkanes) is 2. The summed E-state index contributed by atoms with van der Waals surface area (Å²) in [5.41, 5.74) is 1.46. The summed E-state index contributed by atoms with van der Waals surface area (Å²) in [5.74, 6) is -0.224. The van der Waals surface area contributed by atoms with E-state index in [1.54, 1.807) is 12.1 Å². The van der Waals surface area contributed by atoms with Crippen LogP contribution in [0.3, 0.4) is 0 Å². The van der Waals surface area contributed by atoms with Gasteiger partial charge in [0.2, 0.25) is 0 Å². The van der Waals surface area contributed by atoms with Crippen molar-refractivity contribution >= 4 is 22.4 Å². The molecule has 174 valence electrons. The molecule has 0 bridgehead atoms. The van der Waals surface area contributed by atoms with Gasteiger partial charge in [0.05, 0.1) is 5.39 Å². The lowest BCUT2D eigenvalue weighted by Crippen LogP contribution is -2.48. The van der Waals surface area contributed by atoms with Crippen LogP contribution in [0, 0.1) is 0 Å². The number of fused-ring (bicyclic) bond motifs is 1. The quantitative estimate of drug-likeness (QED) is 0.511. The number of hydrogen-bond acceptors (Lipinski definition) is 5. The molecule has 3 aromatic rings. The fourth-order valence-corrected chi connectivity index (χ4v) is 4.35. The van der Waals surface area contributed by atoms with Gasteiger partial charge < -0.3 is 10.2 Å². The minimum absolute atomic E-state index is 0.130. The number of piperazine rings is 1. The van der Waals surface area contributed by atoms with Gasteiger partial charge in [-0.25, -0.2) is 4.68 Å². The van der Waals surface area contributed by atoms with Crippen molar-refractivity contribution in [3.05, 3.63) is 70.6 Å². The highest BCUT2D eigenvalue weighted by molar-refractivity contribution is 6.04. The number of para-hydroxylation sites is 1. The highest BCUT2D eigenvalue weighted by Gasteiger charge is 2.19. The number of benzene rings is 2. The molecule has 7 nitrogen and oxygen atoms in total. The summed E-state index contributed by atoms with van der Waals surface area (Å²) in [7, 11) is 0. The van der Waals surface area contributed by atoms with E-state index in [-0.39, 0.29) is 11.5 Å². The van der Waals surface area contributed by atoms with Crippen molar-refractivity contribution in [2.75, 3.05) is 44.2 Å². The first-order chi connectivity index (χ1) is 16.2. The molecule has 4 rings (SSSR count). The number of rotatable bonds is 9. The van der Waals surface area contributed by atoms with Crippen molar-refractivity contribution < 1.29 is 4.79 Å². The fourth-order valence-electron chi connectivity index (χ4n) is 4.35. The average Bonchev–Trinajstić information content (AvgIpc) is 2.86. The Kier molecular flexibility index (Phi) is 7.73. The number of aromatic nitrogens is 2. The molecule has 0 spiro atoms. The Balaban J connectivity index is 1.36. The number of carbonyl (C=O) groups excluding carboxylic acids is 1. The Hall–Kier alpha value is -3.19. The van der Waals surface area contributed by atoms with E-state index in [1.807, 2.05) is 18.2 Å². The minimum atomic E-state index is -0.224. The molecular weight excluding hydrogens is 414 g/mol. The highest BCUT2D eigenvalue weighted by atomic mass is 16.2. The molecule has 1 amide bonds. The molecule has 1 fully saturated rings. The van der Waals surface area contributed by atoms with Gasteiger partial charge in [-0.1, -0.05) is 56.2 Å². The maximum Gasteiger partial charge on any atom is 0.274 e. The Bertz CT molecular complexity index is 1120. The first-order valence-electron chi connectivity index (χ1n) is 12.0. The van der Waals surface area contributed by atoms with E-state index in [0.29, 0.717) is 29.6 Å². The van der Waals surface area contributed by atoms with Crippen molar-refractivity contribution in [1.82, 2.24) is 20.0 Å². The number of hydrogen-bond donors (Lipinski definition) is 1. The first kappa shape index (κ1) is 23.0. The lowest BCUT2D eigenvalue weighted by molar-refractivity contribution is 0.0942. The number of amides is 1. The molecule has 1 aliphatic rings. The van der Waals surface area contributed by atoms with Crippen LogP contribution in [-0.2, 0) is 6.54 Å². The molecule has 1 N–H and O–H groups in total. The van der Waals surface area contributed by atoms with Gasteiger partial charge in [0.25, 0.3) is 11.5 Å². The van der Waals surface area contributed by atoms with Gasteiger partial charge in [-0.2, -0.15) is 5.10 Å². The van der Waals surface area contributed by atoms with Crippen molar-refractivity contribution in [1.29, 1.82) is 0 Å². The summed E-state index contributed by atoms with van der Waals surface area (Å²) in [6, 6.07) is 17.7. The topological polar surface area (TPSA) is 70.5 Å². The van der Waals surface area contributed by atoms with Crippen LogP contribution in [0.15, 0.2) is 59.4 Å². The summed E-state index contributed by atoms with van der Waals surface area (Å²) < 4.78 is 1.45. The van der Waals surface area contributed by atoms with Gasteiger partial charge >= 0.3 is 0 Å². The van der Waals surface area contributed by atoms with Gasteiger partial charge in [-0.3, -0.25) is 14.5 Å². The van der Waals surface area contributed by atoms with E-state index in [1.165, 1.54) is 10.4 Å². The molecular formula is C26H33N5O2. The molecule has 33 heavy (non-hydrogen) atoms. The van der Waals surface area contributed by atoms with E-state index in [4.69, 9.17) is 0 Å². The normalized spacial score (nSPS) is 14.5. The van der Waals surface area contributed by atoms with E-state index in [0.717, 1.165) is 52.0 Å². The molecule has 0 atom stereocenters. The van der Waals surface area contributed by atoms with Gasteiger partial charge in [-0.05, 0) is 24.6 Å². The second kappa shape index (κ2) is 11.1. The Labute approximate surface area is 195 Å². The zero-order valence-corrected chi connectivity index (χ0v) is 19.4. The molecule has 2 heterocycles. The van der Waals surface area contributed by atoms with E-state index in [9.17, 15) is 9.59 Å². The molecule has 0 saturated carbocycles. The standard InChI is InChI=1S/C26H33N5O2/c1-2-3-9-15-31-26(33)23-13-8-7-12-22(23)24(28-31)25(32)27-14-16-29-17-19-30(20-18-29)21-10-5-4-6-11-21/h4-8,10-13H,2-3,9,14-20H2,1H3,(H,27,32). The van der Waals surface area contributed by atoms with Crippen molar-refractivity contribution in [2.45, 2.75) is 32.7 Å². The number of anilines is 1. The summed E-state index contributed by atoms with van der Waals surface area (Å²) >= 11 is 0. The maximum absolute atomic E-state index is 13.0. The van der Waals surface area contributed by atoms with Crippen molar-refractivity contribution in [2.24, 2.45) is 0 Å². The second-order valence-electron chi connectivity index (χ2n) is 8.55. The number of aryl methyl sites for hydroxylation is 1. The summed E-state index contributed by atoms with van der Waals surface area (Å²) in [5, 5.41) is 8.64. The summed E-state index contributed by atoms with van der Waals surface area (Å²) in [6.07, 6.45) is 2.97. The predicted molar refractivity (Wildman–Crippen MR) is 133 cm³/mol. The average molecular weight is 448 g/mol. The zero-order valence-electron chi connectivity index (χ0n) is 19.4. The Morgan fingerprint density at radius 3 is 2.33 bits per heavy atom. The molecule has 1 aliphatic heterocycles. The van der Waals surface area contributed by atoms with Crippen molar-refractivity contribution in [3.8, 4) is 0 Å². The summed E-state index contributed by atoms with van der Waals surface area (Å²) in [6.45, 7) is 7.89. The third-order valence-corrected chi connectivity index (χ3v) is 6.26. The molecule has 2 aromatic carbocycles. The highest BCUT2D eigenvalue weighted by Crippen LogP contribution is 2.16. The van der Waals surface area contributed by atoms with Crippen LogP contribution in [-0.4, -0.2) is 59.9 Å². The van der Waals surface area contributed by atoms with E-state index >= 15 is 0 Å². The Morgan fingerprint density at radius 2 is 1.61 bits per heavy atom. The SMILES string of the molecule is CCCCCn1nc(C(=O)NCCN2CCN(c3ccccc3)CC2)c2ccccc2c1=O. The Morgan fingerprint density at radius 1 is 0.909 bits per heavy atom. The molecule has 1 saturated heterocycles. The minimum Gasteiger partial charge on any atom is -0.369 e. The van der Waals surface area contributed by atoms with E-state index in [2.05, 4.69) is 51.4 Å². The zero-order chi connectivity index (χ0) is 23.0. The van der Waals surface area contributed by atoms with Gasteiger partial charge in [0.1, 0.15) is 0 Å².